The molecule has 2 aromatic heterocycles. The number of benzene rings is 2. The zero-order valence-electron chi connectivity index (χ0n) is 19.2. The monoisotopic (exact) mass is 480 g/mol. The molecule has 4 N–H and O–H groups in total. The van der Waals surface area contributed by atoms with Crippen LogP contribution in [0.3, 0.4) is 0 Å². The smallest absolute Gasteiger partial charge is 0.243 e. The van der Waals surface area contributed by atoms with Gasteiger partial charge in [0.2, 0.25) is 16.0 Å². The van der Waals surface area contributed by atoms with Crippen molar-refractivity contribution in [3.05, 3.63) is 59.5 Å². The fourth-order valence-electron chi connectivity index (χ4n) is 4.63. The maximum atomic E-state index is 13.5. The van der Waals surface area contributed by atoms with Crippen molar-refractivity contribution >= 4 is 27.0 Å². The van der Waals surface area contributed by atoms with E-state index in [2.05, 4.69) is 19.8 Å². The molecule has 0 bridgehead atoms. The maximum absolute atomic E-state index is 13.5. The molecule has 1 saturated carbocycles. The van der Waals surface area contributed by atoms with Gasteiger partial charge in [-0.2, -0.15) is 0 Å². The quantitative estimate of drug-likeness (QED) is 0.270. The first-order valence-electron chi connectivity index (χ1n) is 11.4. The number of aryl methyl sites for hydroxylation is 2. The third kappa shape index (κ3) is 4.31. The number of hydrogen-bond donors (Lipinski definition) is 3. The lowest BCUT2D eigenvalue weighted by atomic mass is 10.0. The average molecular weight is 481 g/mol. The van der Waals surface area contributed by atoms with Crippen LogP contribution in [0.4, 0.5) is 5.95 Å². The van der Waals surface area contributed by atoms with Gasteiger partial charge >= 0.3 is 0 Å². The van der Waals surface area contributed by atoms with Crippen LogP contribution < -0.4 is 15.6 Å². The highest BCUT2D eigenvalue weighted by Gasteiger charge is 2.28. The van der Waals surface area contributed by atoms with Gasteiger partial charge in [0.1, 0.15) is 16.2 Å². The first kappa shape index (κ1) is 22.6. The van der Waals surface area contributed by atoms with Gasteiger partial charge in [-0.3, -0.25) is 5.01 Å². The van der Waals surface area contributed by atoms with Gasteiger partial charge in [0, 0.05) is 11.6 Å². The van der Waals surface area contributed by atoms with Crippen LogP contribution in [0.1, 0.15) is 42.7 Å². The van der Waals surface area contributed by atoms with Crippen molar-refractivity contribution in [2.24, 2.45) is 5.84 Å². The normalized spacial score (nSPS) is 14.8. The molecule has 0 atom stereocenters. The highest BCUT2D eigenvalue weighted by Crippen LogP contribution is 2.34. The van der Waals surface area contributed by atoms with Crippen molar-refractivity contribution in [2.45, 2.75) is 57.0 Å². The molecule has 10 heteroatoms. The molecular weight excluding hydrogens is 452 g/mol. The third-order valence-corrected chi connectivity index (χ3v) is 7.83. The minimum atomic E-state index is -3.82. The van der Waals surface area contributed by atoms with Crippen LogP contribution in [-0.2, 0) is 16.6 Å². The Morgan fingerprint density at radius 3 is 2.59 bits per heavy atom. The second kappa shape index (κ2) is 8.86. The van der Waals surface area contributed by atoms with E-state index in [-0.39, 0.29) is 10.9 Å². The Hall–Kier alpha value is -3.21. The number of hydrogen-bond acceptors (Lipinski definition) is 7. The molecule has 0 saturated heterocycles. The van der Waals surface area contributed by atoms with Gasteiger partial charge in [-0.05, 0) is 49.9 Å². The topological polar surface area (TPSA) is 130 Å². The van der Waals surface area contributed by atoms with E-state index >= 15 is 0 Å². The van der Waals surface area contributed by atoms with E-state index in [1.807, 2.05) is 50.2 Å². The summed E-state index contributed by atoms with van der Waals surface area (Å²) in [5, 5.41) is 5.51. The zero-order chi connectivity index (χ0) is 23.9. The second-order valence-electron chi connectivity index (χ2n) is 8.85. The molecule has 1 aliphatic carbocycles. The molecule has 5 rings (SSSR count). The van der Waals surface area contributed by atoms with Crippen LogP contribution in [0.2, 0.25) is 0 Å². The predicted molar refractivity (Wildman–Crippen MR) is 130 cm³/mol. The molecular formula is C24H28N6O3S. The number of H-pyrrole nitrogens is 1. The molecule has 0 amide bonds. The molecule has 2 aromatic carbocycles. The first-order valence-corrected chi connectivity index (χ1v) is 12.9. The molecule has 4 aromatic rings. The van der Waals surface area contributed by atoms with Crippen molar-refractivity contribution in [3.63, 3.8) is 0 Å². The molecule has 0 unspecified atom stereocenters. The number of nitrogens with zero attached hydrogens (tertiary/aromatic N) is 3. The fourth-order valence-corrected chi connectivity index (χ4v) is 6.13. The molecule has 0 spiro atoms. The van der Waals surface area contributed by atoms with Crippen LogP contribution in [0.5, 0.6) is 0 Å². The Labute approximate surface area is 198 Å². The molecule has 34 heavy (non-hydrogen) atoms. The predicted octanol–water partition coefficient (Wildman–Crippen LogP) is 3.94. The summed E-state index contributed by atoms with van der Waals surface area (Å²) in [5.74, 6) is 7.31. The van der Waals surface area contributed by atoms with Crippen molar-refractivity contribution in [2.75, 3.05) is 5.01 Å². The summed E-state index contributed by atoms with van der Waals surface area (Å²) in [5.41, 5.74) is 4.08. The molecule has 0 radical (unpaired) electrons. The summed E-state index contributed by atoms with van der Waals surface area (Å²) in [4.78, 5) is 7.93. The Kier molecular flexibility index (Phi) is 5.88. The third-order valence-electron chi connectivity index (χ3n) is 6.30. The number of aromatic nitrogens is 3. The van der Waals surface area contributed by atoms with E-state index in [1.165, 1.54) is 5.01 Å². The molecule has 9 nitrogen and oxygen atoms in total. The van der Waals surface area contributed by atoms with Gasteiger partial charge in [0.25, 0.3) is 0 Å². The lowest BCUT2D eigenvalue weighted by Gasteiger charge is -2.15. The minimum Gasteiger partial charge on any atom is -0.361 e. The van der Waals surface area contributed by atoms with Gasteiger partial charge in [-0.25, -0.2) is 24.0 Å². The standard InChI is InChI=1S/C24H28N6O3S/c1-15-22(16(2)33-28-15)18-12-20-23(21(13-18)34(31,32)29-19-10-6-7-11-19)27-24(26-20)30(25)14-17-8-4-3-5-9-17/h3-5,8-9,12-13,19,29H,6-7,10-11,14,25H2,1-2H3,(H,26,27). The SMILES string of the molecule is Cc1noc(C)c1-c1cc(S(=O)(=O)NC2CCCC2)c2nc(N(N)Cc3ccccc3)[nH]c2c1. The Balaban J connectivity index is 1.61. The van der Waals surface area contributed by atoms with E-state index < -0.39 is 10.0 Å². The van der Waals surface area contributed by atoms with E-state index in [1.54, 1.807) is 6.07 Å². The number of nitrogens with two attached hydrogens (primary N) is 1. The number of anilines is 1. The van der Waals surface area contributed by atoms with Crippen LogP contribution in [0.25, 0.3) is 22.2 Å². The fraction of sp³-hybridized carbons (Fsp3) is 0.333. The van der Waals surface area contributed by atoms with Crippen LogP contribution in [0, 0.1) is 13.8 Å². The summed E-state index contributed by atoms with van der Waals surface area (Å²) in [7, 11) is -3.82. The van der Waals surface area contributed by atoms with Gasteiger partial charge in [0.05, 0.1) is 17.8 Å². The maximum Gasteiger partial charge on any atom is 0.243 e. The van der Waals surface area contributed by atoms with E-state index in [4.69, 9.17) is 10.4 Å². The largest absolute Gasteiger partial charge is 0.361 e. The van der Waals surface area contributed by atoms with Gasteiger partial charge < -0.3 is 9.51 Å². The number of rotatable bonds is 7. The molecule has 2 heterocycles. The summed E-state index contributed by atoms with van der Waals surface area (Å²) < 4.78 is 35.2. The van der Waals surface area contributed by atoms with E-state index in [9.17, 15) is 8.42 Å². The average Bonchev–Trinajstić information content (AvgIpc) is 3.54. The lowest BCUT2D eigenvalue weighted by Crippen LogP contribution is -2.33. The summed E-state index contributed by atoms with van der Waals surface area (Å²) in [6.45, 7) is 4.06. The number of nitrogens with one attached hydrogen (secondary N) is 2. The van der Waals surface area contributed by atoms with Gasteiger partial charge in [-0.1, -0.05) is 48.3 Å². The van der Waals surface area contributed by atoms with Crippen LogP contribution in [-0.4, -0.2) is 29.6 Å². The Morgan fingerprint density at radius 1 is 1.18 bits per heavy atom. The molecule has 1 fully saturated rings. The van der Waals surface area contributed by atoms with Gasteiger partial charge in [-0.15, -0.1) is 0 Å². The van der Waals surface area contributed by atoms with E-state index in [0.29, 0.717) is 40.5 Å². The number of hydrazine groups is 1. The van der Waals surface area contributed by atoms with Crippen molar-refractivity contribution < 1.29 is 12.9 Å². The van der Waals surface area contributed by atoms with E-state index in [0.717, 1.165) is 36.8 Å². The van der Waals surface area contributed by atoms with Crippen molar-refractivity contribution in [3.8, 4) is 11.1 Å². The molecule has 0 aliphatic heterocycles. The Morgan fingerprint density at radius 2 is 1.91 bits per heavy atom. The van der Waals surface area contributed by atoms with Crippen LogP contribution >= 0.6 is 0 Å². The van der Waals surface area contributed by atoms with Gasteiger partial charge in [0.15, 0.2) is 0 Å². The number of fused-ring (bicyclic) bond motifs is 1. The van der Waals surface area contributed by atoms with Crippen molar-refractivity contribution in [1.82, 2.24) is 19.8 Å². The van der Waals surface area contributed by atoms with Crippen molar-refractivity contribution in [1.29, 1.82) is 0 Å². The number of sulfonamides is 1. The molecule has 178 valence electrons. The number of aromatic amines is 1. The summed E-state index contributed by atoms with van der Waals surface area (Å²) in [6, 6.07) is 13.2. The zero-order valence-corrected chi connectivity index (χ0v) is 20.0. The first-order chi connectivity index (χ1) is 16.3. The second-order valence-corrected chi connectivity index (χ2v) is 10.5. The summed E-state index contributed by atoms with van der Waals surface area (Å²) in [6.07, 6.45) is 3.72. The number of imidazole rings is 1. The lowest BCUT2D eigenvalue weighted by molar-refractivity contribution is 0.393. The minimum absolute atomic E-state index is 0.0646. The molecule has 1 aliphatic rings. The summed E-state index contributed by atoms with van der Waals surface area (Å²) >= 11 is 0. The highest BCUT2D eigenvalue weighted by atomic mass is 32.2. The van der Waals surface area contributed by atoms with Crippen LogP contribution in [0.15, 0.2) is 51.9 Å². The highest BCUT2D eigenvalue weighted by molar-refractivity contribution is 7.89. The Bertz CT molecular complexity index is 1400.